The van der Waals surface area contributed by atoms with E-state index in [0.717, 1.165) is 29.1 Å². The molecule has 2 heterocycles. The zero-order chi connectivity index (χ0) is 23.1. The monoisotopic (exact) mass is 455 g/mol. The predicted octanol–water partition coefficient (Wildman–Crippen LogP) is 4.60. The molecule has 0 spiro atoms. The number of carboxylic acid groups (broad SMARTS) is 1. The first-order valence-corrected chi connectivity index (χ1v) is 13.9. The number of hydrogen-bond donors (Lipinski definition) is 1. The van der Waals surface area contributed by atoms with Crippen molar-refractivity contribution in [2.24, 2.45) is 0 Å². The van der Waals surface area contributed by atoms with Gasteiger partial charge in [0.1, 0.15) is 11.8 Å². The third-order valence-electron chi connectivity index (χ3n) is 6.05. The lowest BCUT2D eigenvalue weighted by atomic mass is 10.1. The summed E-state index contributed by atoms with van der Waals surface area (Å²) in [5.41, 5.74) is -0.671. The lowest BCUT2D eigenvalue weighted by molar-refractivity contribution is 0.0605. The lowest BCUT2D eigenvalue weighted by Crippen LogP contribution is -2.49. The molecule has 172 valence electrons. The Morgan fingerprint density at radius 2 is 1.77 bits per heavy atom. The van der Waals surface area contributed by atoms with Crippen LogP contribution in [-0.2, 0) is 4.74 Å². The molecule has 2 aliphatic rings. The van der Waals surface area contributed by atoms with Gasteiger partial charge in [0, 0.05) is 30.8 Å². The van der Waals surface area contributed by atoms with Crippen LogP contribution in [0.25, 0.3) is 0 Å². The molecule has 2 aliphatic heterocycles. The summed E-state index contributed by atoms with van der Waals surface area (Å²) in [5, 5.41) is 9.45. The van der Waals surface area contributed by atoms with Crippen LogP contribution in [0.3, 0.4) is 0 Å². The minimum absolute atomic E-state index is 0.0143. The summed E-state index contributed by atoms with van der Waals surface area (Å²) in [6, 6.07) is 4.25. The number of carbonyl (C=O) groups excluding carboxylic acids is 1. The molecule has 2 amide bonds. The van der Waals surface area contributed by atoms with Gasteiger partial charge in [-0.15, -0.1) is 0 Å². The standard InChI is InChI=1S/C21H31F2N3O4Si/c1-21(2,3)26(19(27)28)13-15-12-25(20(29)30-15)14-10-16(22)18(17(23)11-14)24-6-8-31(4,5)9-7-24/h10-11,15H,6-9,12-13H2,1-5H3,(H,27,28)/t15-/m0/s1. The number of hydrogen-bond acceptors (Lipinski definition) is 4. The van der Waals surface area contributed by atoms with Crippen molar-refractivity contribution in [3.05, 3.63) is 23.8 Å². The molecule has 0 aliphatic carbocycles. The van der Waals surface area contributed by atoms with E-state index in [0.29, 0.717) is 13.1 Å². The highest BCUT2D eigenvalue weighted by molar-refractivity contribution is 6.77. The number of cyclic esters (lactones) is 1. The largest absolute Gasteiger partial charge is 0.465 e. The van der Waals surface area contributed by atoms with Crippen molar-refractivity contribution in [2.45, 2.75) is 57.6 Å². The highest BCUT2D eigenvalue weighted by atomic mass is 28.3. The molecule has 10 heteroatoms. The average Bonchev–Trinajstić information content (AvgIpc) is 2.99. The molecule has 1 aromatic carbocycles. The Kier molecular flexibility index (Phi) is 6.23. The van der Waals surface area contributed by atoms with E-state index in [1.165, 1.54) is 4.90 Å². The van der Waals surface area contributed by atoms with Gasteiger partial charge in [-0.25, -0.2) is 18.4 Å². The van der Waals surface area contributed by atoms with Gasteiger partial charge in [0.15, 0.2) is 11.6 Å². The molecule has 1 N–H and O–H groups in total. The van der Waals surface area contributed by atoms with Gasteiger partial charge in [-0.1, -0.05) is 13.1 Å². The fourth-order valence-corrected chi connectivity index (χ4v) is 6.02. The maximum Gasteiger partial charge on any atom is 0.414 e. The molecule has 31 heavy (non-hydrogen) atoms. The number of anilines is 2. The quantitative estimate of drug-likeness (QED) is 0.672. The summed E-state index contributed by atoms with van der Waals surface area (Å²) in [7, 11) is -1.29. The second kappa shape index (κ2) is 8.29. The fraction of sp³-hybridized carbons (Fsp3) is 0.619. The SMILES string of the molecule is CC(C)(C)N(C[C@@H]1CN(c2cc(F)c(N3CC[Si](C)(C)CC3)c(F)c2)C(=O)O1)C(=O)O. The van der Waals surface area contributed by atoms with Gasteiger partial charge >= 0.3 is 12.2 Å². The molecular formula is C21H31F2N3O4Si. The van der Waals surface area contributed by atoms with E-state index >= 15 is 0 Å². The third-order valence-corrected chi connectivity index (χ3v) is 9.20. The topological polar surface area (TPSA) is 73.3 Å². The van der Waals surface area contributed by atoms with Crippen LogP contribution in [0.2, 0.25) is 25.2 Å². The van der Waals surface area contributed by atoms with Crippen LogP contribution >= 0.6 is 0 Å². The van der Waals surface area contributed by atoms with Crippen LogP contribution < -0.4 is 9.80 Å². The van der Waals surface area contributed by atoms with Crippen molar-refractivity contribution in [1.82, 2.24) is 4.90 Å². The second-order valence-corrected chi connectivity index (χ2v) is 15.4. The smallest absolute Gasteiger partial charge is 0.414 e. The number of nitrogens with zero attached hydrogens (tertiary/aromatic N) is 3. The van der Waals surface area contributed by atoms with E-state index in [9.17, 15) is 23.5 Å². The fourth-order valence-electron chi connectivity index (χ4n) is 4.02. The first-order valence-electron chi connectivity index (χ1n) is 10.5. The van der Waals surface area contributed by atoms with Crippen molar-refractivity contribution in [3.63, 3.8) is 0 Å². The minimum atomic E-state index is -1.29. The van der Waals surface area contributed by atoms with Gasteiger partial charge < -0.3 is 14.7 Å². The van der Waals surface area contributed by atoms with Crippen molar-refractivity contribution in [1.29, 1.82) is 0 Å². The molecule has 0 bridgehead atoms. The Hall–Kier alpha value is -2.36. The molecule has 1 atom stereocenters. The van der Waals surface area contributed by atoms with E-state index < -0.39 is 43.5 Å². The zero-order valence-corrected chi connectivity index (χ0v) is 19.7. The molecule has 1 aromatic rings. The van der Waals surface area contributed by atoms with Crippen LogP contribution in [-0.4, -0.2) is 68.1 Å². The molecule has 0 saturated carbocycles. The second-order valence-electron chi connectivity index (χ2n) is 10.1. The Morgan fingerprint density at radius 3 is 2.26 bits per heavy atom. The van der Waals surface area contributed by atoms with Crippen molar-refractivity contribution in [2.75, 3.05) is 36.0 Å². The molecule has 7 nitrogen and oxygen atoms in total. The number of halogens is 2. The number of benzene rings is 1. The number of carbonyl (C=O) groups is 2. The molecule has 2 fully saturated rings. The van der Waals surface area contributed by atoms with Crippen molar-refractivity contribution in [3.8, 4) is 0 Å². The highest BCUT2D eigenvalue weighted by Crippen LogP contribution is 2.34. The van der Waals surface area contributed by atoms with E-state index in [4.69, 9.17) is 4.74 Å². The Balaban J connectivity index is 1.76. The van der Waals surface area contributed by atoms with Gasteiger partial charge in [-0.3, -0.25) is 9.80 Å². The van der Waals surface area contributed by atoms with Crippen molar-refractivity contribution >= 4 is 31.6 Å². The van der Waals surface area contributed by atoms with Gasteiger partial charge in [-0.05, 0) is 32.9 Å². The number of amides is 2. The number of ether oxygens (including phenoxy) is 1. The third kappa shape index (κ3) is 5.11. The van der Waals surface area contributed by atoms with Crippen LogP contribution in [0.1, 0.15) is 20.8 Å². The van der Waals surface area contributed by atoms with E-state index in [-0.39, 0.29) is 24.5 Å². The summed E-state index contributed by atoms with van der Waals surface area (Å²) in [5.74, 6) is -1.43. The molecule has 0 radical (unpaired) electrons. The number of rotatable bonds is 4. The highest BCUT2D eigenvalue weighted by Gasteiger charge is 2.38. The Labute approximate surface area is 182 Å². The molecule has 0 unspecified atom stereocenters. The van der Waals surface area contributed by atoms with Gasteiger partial charge in [0.25, 0.3) is 0 Å². The van der Waals surface area contributed by atoms with E-state index in [1.807, 2.05) is 0 Å². The molecule has 3 rings (SSSR count). The zero-order valence-electron chi connectivity index (χ0n) is 18.7. The van der Waals surface area contributed by atoms with Crippen LogP contribution in [0.4, 0.5) is 29.7 Å². The van der Waals surface area contributed by atoms with Crippen molar-refractivity contribution < 1.29 is 28.2 Å². The predicted molar refractivity (Wildman–Crippen MR) is 118 cm³/mol. The Bertz CT molecular complexity index is 842. The Morgan fingerprint density at radius 1 is 1.23 bits per heavy atom. The average molecular weight is 456 g/mol. The summed E-state index contributed by atoms with van der Waals surface area (Å²) >= 11 is 0. The maximum absolute atomic E-state index is 14.9. The normalized spacial score (nSPS) is 21.3. The first kappa shape index (κ1) is 23.3. The van der Waals surface area contributed by atoms with E-state index in [2.05, 4.69) is 13.1 Å². The van der Waals surface area contributed by atoms with Crippen LogP contribution in [0.15, 0.2) is 12.1 Å². The summed E-state index contributed by atoms with van der Waals surface area (Å²) in [4.78, 5) is 28.0. The maximum atomic E-state index is 14.9. The molecule has 0 aromatic heterocycles. The molecule has 2 saturated heterocycles. The van der Waals surface area contributed by atoms with Gasteiger partial charge in [0.2, 0.25) is 0 Å². The first-order chi connectivity index (χ1) is 14.3. The van der Waals surface area contributed by atoms with Gasteiger partial charge in [-0.2, -0.15) is 0 Å². The summed E-state index contributed by atoms with van der Waals surface area (Å²) in [6.45, 7) is 11.0. The van der Waals surface area contributed by atoms with E-state index in [1.54, 1.807) is 25.7 Å². The summed E-state index contributed by atoms with van der Waals surface area (Å²) < 4.78 is 35.1. The van der Waals surface area contributed by atoms with Gasteiger partial charge in [0.05, 0.1) is 26.9 Å². The molecular weight excluding hydrogens is 424 g/mol. The minimum Gasteiger partial charge on any atom is -0.465 e. The van der Waals surface area contributed by atoms with Crippen LogP contribution in [0.5, 0.6) is 0 Å². The lowest BCUT2D eigenvalue weighted by Gasteiger charge is -2.37. The van der Waals surface area contributed by atoms with Crippen LogP contribution in [0, 0.1) is 11.6 Å². The summed E-state index contributed by atoms with van der Waals surface area (Å²) in [6.07, 6.45) is -2.61.